The van der Waals surface area contributed by atoms with E-state index in [0.29, 0.717) is 38.3 Å². The first-order valence-corrected chi connectivity index (χ1v) is 11.8. The predicted molar refractivity (Wildman–Crippen MR) is 135 cm³/mol. The predicted octanol–water partition coefficient (Wildman–Crippen LogP) is 5.59. The van der Waals surface area contributed by atoms with Crippen LogP contribution in [0, 0.1) is 0 Å². The number of hydrogen-bond acceptors (Lipinski definition) is 7. The normalized spacial score (nSPS) is 17.2. The maximum atomic E-state index is 13.4. The van der Waals surface area contributed by atoms with Crippen LogP contribution >= 0.6 is 22.9 Å². The van der Waals surface area contributed by atoms with Gasteiger partial charge in [-0.2, -0.15) is 0 Å². The quantitative estimate of drug-likeness (QED) is 0.215. The molecule has 1 aliphatic rings. The minimum Gasteiger partial charge on any atom is -0.507 e. The molecule has 1 N–H and O–H groups in total. The molecule has 1 amide bonds. The van der Waals surface area contributed by atoms with E-state index in [1.165, 1.54) is 23.3 Å². The number of aliphatic hydroxyl groups is 1. The van der Waals surface area contributed by atoms with Gasteiger partial charge in [0.1, 0.15) is 23.3 Å². The van der Waals surface area contributed by atoms with E-state index in [4.69, 9.17) is 21.1 Å². The summed E-state index contributed by atoms with van der Waals surface area (Å²) >= 11 is 7.25. The number of para-hydroxylation sites is 1. The fraction of sp³-hybridized carbons (Fsp3) is 0.115. The van der Waals surface area contributed by atoms with E-state index in [9.17, 15) is 14.7 Å². The van der Waals surface area contributed by atoms with Gasteiger partial charge in [-0.25, -0.2) is 4.98 Å². The highest BCUT2D eigenvalue weighted by molar-refractivity contribution is 7.22. The lowest BCUT2D eigenvalue weighted by molar-refractivity contribution is -0.132. The number of ether oxygens (including phenoxy) is 2. The highest BCUT2D eigenvalue weighted by Gasteiger charge is 2.49. The largest absolute Gasteiger partial charge is 0.507 e. The fourth-order valence-corrected chi connectivity index (χ4v) is 5.25. The van der Waals surface area contributed by atoms with Crippen molar-refractivity contribution in [1.29, 1.82) is 0 Å². The molecule has 0 unspecified atom stereocenters. The molecule has 7 nitrogen and oxygen atoms in total. The molecule has 1 saturated heterocycles. The number of benzene rings is 3. The van der Waals surface area contributed by atoms with Crippen LogP contribution in [-0.4, -0.2) is 36.0 Å². The number of rotatable bonds is 5. The van der Waals surface area contributed by atoms with Gasteiger partial charge in [0.25, 0.3) is 5.78 Å². The second kappa shape index (κ2) is 9.05. The summed E-state index contributed by atoms with van der Waals surface area (Å²) in [5.74, 6) is -0.790. The number of ketones is 1. The Morgan fingerprint density at radius 2 is 1.77 bits per heavy atom. The Labute approximate surface area is 209 Å². The standard InChI is InChI=1S/C26H19ClN2O5S/c1-33-16-11-12-18-20(13-16)35-26(28-18)29-22(17-5-3-4-6-19(17)34-2)21(24(31)25(29)32)23(30)14-7-9-15(27)10-8-14/h3-13,22,30H,1-2H3/t22-/m0/s1. The maximum absolute atomic E-state index is 13.4. The van der Waals surface area contributed by atoms with Crippen molar-refractivity contribution in [2.45, 2.75) is 6.04 Å². The summed E-state index contributed by atoms with van der Waals surface area (Å²) < 4.78 is 11.6. The second-order valence-corrected chi connectivity index (χ2v) is 9.19. The van der Waals surface area contributed by atoms with Gasteiger partial charge in [-0.1, -0.05) is 41.1 Å². The molecule has 4 aromatic rings. The summed E-state index contributed by atoms with van der Waals surface area (Å²) in [4.78, 5) is 32.7. The fourth-order valence-electron chi connectivity index (χ4n) is 4.10. The number of carbonyl (C=O) groups excluding carboxylic acids is 2. The molecular weight excluding hydrogens is 488 g/mol. The summed E-state index contributed by atoms with van der Waals surface area (Å²) in [5.41, 5.74) is 1.51. The van der Waals surface area contributed by atoms with Gasteiger partial charge >= 0.3 is 5.91 Å². The summed E-state index contributed by atoms with van der Waals surface area (Å²) in [6, 6.07) is 17.9. The van der Waals surface area contributed by atoms with Gasteiger partial charge in [-0.3, -0.25) is 14.5 Å². The zero-order chi connectivity index (χ0) is 24.7. The first kappa shape index (κ1) is 22.9. The van der Waals surface area contributed by atoms with Gasteiger partial charge in [-0.15, -0.1) is 0 Å². The van der Waals surface area contributed by atoms with Gasteiger partial charge < -0.3 is 14.6 Å². The first-order valence-electron chi connectivity index (χ1n) is 10.6. The van der Waals surface area contributed by atoms with Crippen molar-refractivity contribution in [2.75, 3.05) is 19.1 Å². The van der Waals surface area contributed by atoms with Gasteiger partial charge in [0.05, 0.1) is 30.0 Å². The van der Waals surface area contributed by atoms with Crippen molar-refractivity contribution in [3.8, 4) is 11.5 Å². The summed E-state index contributed by atoms with van der Waals surface area (Å²) in [5, 5.41) is 12.0. The molecule has 0 saturated carbocycles. The van der Waals surface area contributed by atoms with Crippen LogP contribution < -0.4 is 14.4 Å². The van der Waals surface area contributed by atoms with Crippen LogP contribution in [0.25, 0.3) is 16.0 Å². The minimum absolute atomic E-state index is 0.0568. The molecule has 1 atom stereocenters. The third-order valence-corrected chi connectivity index (χ3v) is 7.06. The van der Waals surface area contributed by atoms with Crippen LogP contribution in [0.1, 0.15) is 17.2 Å². The van der Waals surface area contributed by atoms with E-state index in [2.05, 4.69) is 4.98 Å². The highest BCUT2D eigenvalue weighted by Crippen LogP contribution is 2.46. The van der Waals surface area contributed by atoms with Crippen LogP contribution in [0.2, 0.25) is 5.02 Å². The molecule has 9 heteroatoms. The Morgan fingerprint density at radius 1 is 1.03 bits per heavy atom. The SMILES string of the molecule is COc1ccc2nc(N3C(=O)C(=O)C(=C(O)c4ccc(Cl)cc4)[C@@H]3c3ccccc3OC)sc2c1. The number of carbonyl (C=O) groups is 2. The number of anilines is 1. The van der Waals surface area contributed by atoms with Crippen molar-refractivity contribution in [2.24, 2.45) is 0 Å². The molecule has 1 aliphatic heterocycles. The smallest absolute Gasteiger partial charge is 0.301 e. The number of halogens is 1. The number of Topliss-reactive ketones (excluding diaryl/α,β-unsaturated/α-hetero) is 1. The Balaban J connectivity index is 1.74. The minimum atomic E-state index is -0.954. The first-order chi connectivity index (χ1) is 16.9. The van der Waals surface area contributed by atoms with Crippen molar-refractivity contribution >= 4 is 55.7 Å². The average Bonchev–Trinajstić information content (AvgIpc) is 3.41. The third kappa shape index (κ3) is 3.90. The Morgan fingerprint density at radius 3 is 2.49 bits per heavy atom. The van der Waals surface area contributed by atoms with Crippen molar-refractivity contribution in [3.63, 3.8) is 0 Å². The molecule has 0 spiro atoms. The van der Waals surface area contributed by atoms with Crippen molar-refractivity contribution in [3.05, 3.63) is 88.5 Å². The summed E-state index contributed by atoms with van der Waals surface area (Å²) in [7, 11) is 3.08. The van der Waals surface area contributed by atoms with E-state index < -0.39 is 17.7 Å². The van der Waals surface area contributed by atoms with Crippen molar-refractivity contribution in [1.82, 2.24) is 4.98 Å². The lowest BCUT2D eigenvalue weighted by Crippen LogP contribution is -2.29. The third-order valence-electron chi connectivity index (χ3n) is 5.79. The number of aliphatic hydroxyl groups excluding tert-OH is 1. The number of methoxy groups -OCH3 is 2. The van der Waals surface area contributed by atoms with Crippen LogP contribution in [-0.2, 0) is 9.59 Å². The van der Waals surface area contributed by atoms with Gasteiger partial charge in [0.2, 0.25) is 0 Å². The number of thiazole rings is 1. The molecule has 1 aromatic heterocycles. The van der Waals surface area contributed by atoms with Gasteiger partial charge in [0, 0.05) is 16.1 Å². The Hall–Kier alpha value is -3.88. The molecule has 2 heterocycles. The molecule has 176 valence electrons. The number of amides is 1. The van der Waals surface area contributed by atoms with Crippen molar-refractivity contribution < 1.29 is 24.2 Å². The molecule has 35 heavy (non-hydrogen) atoms. The van der Waals surface area contributed by atoms with Crippen LogP contribution in [0.5, 0.6) is 11.5 Å². The van der Waals surface area contributed by atoms with E-state index in [0.717, 1.165) is 4.70 Å². The average molecular weight is 507 g/mol. The molecule has 5 rings (SSSR count). The topological polar surface area (TPSA) is 89.0 Å². The molecule has 3 aromatic carbocycles. The Kier molecular flexibility index (Phi) is 5.92. The van der Waals surface area contributed by atoms with E-state index in [-0.39, 0.29) is 11.3 Å². The van der Waals surface area contributed by atoms with E-state index in [1.807, 2.05) is 6.07 Å². The second-order valence-electron chi connectivity index (χ2n) is 7.75. The number of aromatic nitrogens is 1. The van der Waals surface area contributed by atoms with Gasteiger partial charge in [0.15, 0.2) is 5.13 Å². The van der Waals surface area contributed by atoms with Crippen LogP contribution in [0.4, 0.5) is 5.13 Å². The lowest BCUT2D eigenvalue weighted by Gasteiger charge is -2.24. The molecule has 0 radical (unpaired) electrons. The number of fused-ring (bicyclic) bond motifs is 1. The maximum Gasteiger partial charge on any atom is 0.301 e. The summed E-state index contributed by atoms with van der Waals surface area (Å²) in [6.45, 7) is 0. The summed E-state index contributed by atoms with van der Waals surface area (Å²) in [6.07, 6.45) is 0. The molecular formula is C26H19ClN2O5S. The van der Waals surface area contributed by atoms with E-state index in [1.54, 1.807) is 67.8 Å². The lowest BCUT2D eigenvalue weighted by atomic mass is 9.95. The molecule has 1 fully saturated rings. The molecule has 0 aliphatic carbocycles. The zero-order valence-corrected chi connectivity index (χ0v) is 20.3. The number of hydrogen-bond donors (Lipinski definition) is 1. The monoisotopic (exact) mass is 506 g/mol. The highest BCUT2D eigenvalue weighted by atomic mass is 35.5. The Bertz CT molecular complexity index is 1500. The zero-order valence-electron chi connectivity index (χ0n) is 18.7. The van der Waals surface area contributed by atoms with Crippen LogP contribution in [0.15, 0.2) is 72.3 Å². The molecule has 0 bridgehead atoms. The van der Waals surface area contributed by atoms with E-state index >= 15 is 0 Å². The van der Waals surface area contributed by atoms with Gasteiger partial charge in [-0.05, 0) is 48.5 Å². The number of nitrogens with zero attached hydrogens (tertiary/aromatic N) is 2. The van der Waals surface area contributed by atoms with Crippen LogP contribution in [0.3, 0.4) is 0 Å².